The molecule has 0 radical (unpaired) electrons. The Morgan fingerprint density at radius 3 is 2.76 bits per heavy atom. The summed E-state index contributed by atoms with van der Waals surface area (Å²) < 4.78 is 3.38. The number of piperidine rings is 1. The van der Waals surface area contributed by atoms with Crippen molar-refractivity contribution in [3.05, 3.63) is 30.5 Å². The number of anilines is 1. The van der Waals surface area contributed by atoms with Crippen molar-refractivity contribution < 1.29 is 4.79 Å². The molecule has 4 rings (SSSR count). The highest BCUT2D eigenvalue weighted by Crippen LogP contribution is 2.25. The summed E-state index contributed by atoms with van der Waals surface area (Å²) in [5.74, 6) is 0.795. The lowest BCUT2D eigenvalue weighted by atomic mass is 10.0. The number of fused-ring (bicyclic) bond motifs is 1. The summed E-state index contributed by atoms with van der Waals surface area (Å²) in [4.78, 5) is 23.2. The van der Waals surface area contributed by atoms with Gasteiger partial charge in [0.05, 0.1) is 11.6 Å². The van der Waals surface area contributed by atoms with E-state index in [4.69, 9.17) is 0 Å². The van der Waals surface area contributed by atoms with Gasteiger partial charge in [-0.2, -0.15) is 10.2 Å². The summed E-state index contributed by atoms with van der Waals surface area (Å²) in [6.07, 6.45) is 6.88. The number of hydrogen-bond acceptors (Lipinski definition) is 6. The zero-order valence-corrected chi connectivity index (χ0v) is 14.3. The van der Waals surface area contributed by atoms with Gasteiger partial charge < -0.3 is 10.2 Å². The van der Waals surface area contributed by atoms with E-state index in [0.29, 0.717) is 5.69 Å². The Morgan fingerprint density at radius 2 is 2.04 bits per heavy atom. The summed E-state index contributed by atoms with van der Waals surface area (Å²) in [6, 6.07) is 1.88. The van der Waals surface area contributed by atoms with E-state index in [1.165, 1.54) is 0 Å². The lowest BCUT2D eigenvalue weighted by molar-refractivity contribution is 0.0925. The van der Waals surface area contributed by atoms with Gasteiger partial charge in [0, 0.05) is 39.4 Å². The molecule has 130 valence electrons. The summed E-state index contributed by atoms with van der Waals surface area (Å²) in [5, 5.41) is 12.4. The standard InChI is InChI=1S/C16H20N8O/c1-22-6-5-13(21-22)16(25)20-11-3-7-24(8-4-11)15-12-9-19-23(2)14(12)17-10-18-15/h5-6,9-11H,3-4,7-8H2,1-2H3,(H,20,25). The largest absolute Gasteiger partial charge is 0.356 e. The smallest absolute Gasteiger partial charge is 0.271 e. The van der Waals surface area contributed by atoms with Crippen LogP contribution >= 0.6 is 0 Å². The van der Waals surface area contributed by atoms with Crippen LogP contribution in [-0.4, -0.2) is 54.6 Å². The Balaban J connectivity index is 1.42. The topological polar surface area (TPSA) is 93.8 Å². The monoisotopic (exact) mass is 340 g/mol. The number of amides is 1. The van der Waals surface area contributed by atoms with Gasteiger partial charge >= 0.3 is 0 Å². The number of aryl methyl sites for hydroxylation is 2. The highest BCUT2D eigenvalue weighted by Gasteiger charge is 2.24. The third kappa shape index (κ3) is 2.92. The third-order valence-corrected chi connectivity index (χ3v) is 4.58. The minimum absolute atomic E-state index is 0.115. The Kier molecular flexibility index (Phi) is 3.83. The van der Waals surface area contributed by atoms with Gasteiger partial charge in [0.15, 0.2) is 5.65 Å². The highest BCUT2D eigenvalue weighted by atomic mass is 16.2. The van der Waals surface area contributed by atoms with Crippen LogP contribution in [0.3, 0.4) is 0 Å². The predicted octanol–water partition coefficient (Wildman–Crippen LogP) is 0.496. The molecular weight excluding hydrogens is 320 g/mol. The molecule has 1 fully saturated rings. The predicted molar refractivity (Wildman–Crippen MR) is 92.2 cm³/mol. The Bertz CT molecular complexity index is 906. The Labute approximate surface area is 144 Å². The van der Waals surface area contributed by atoms with Crippen LogP contribution in [0.15, 0.2) is 24.8 Å². The van der Waals surface area contributed by atoms with Crippen LogP contribution in [0, 0.1) is 0 Å². The molecule has 3 aromatic heterocycles. The lowest BCUT2D eigenvalue weighted by Gasteiger charge is -2.33. The fourth-order valence-electron chi connectivity index (χ4n) is 3.23. The molecule has 4 heterocycles. The maximum atomic E-state index is 12.2. The van der Waals surface area contributed by atoms with Crippen LogP contribution in [0.1, 0.15) is 23.3 Å². The first-order chi connectivity index (χ1) is 12.1. The van der Waals surface area contributed by atoms with E-state index in [1.54, 1.807) is 41.2 Å². The first-order valence-corrected chi connectivity index (χ1v) is 8.30. The molecule has 0 aliphatic carbocycles. The van der Waals surface area contributed by atoms with Crippen LogP contribution in [-0.2, 0) is 14.1 Å². The molecule has 0 bridgehead atoms. The third-order valence-electron chi connectivity index (χ3n) is 4.58. The van der Waals surface area contributed by atoms with Gasteiger partial charge in [-0.05, 0) is 18.9 Å². The van der Waals surface area contributed by atoms with Gasteiger partial charge in [0.25, 0.3) is 5.91 Å². The van der Waals surface area contributed by atoms with Crippen LogP contribution < -0.4 is 10.2 Å². The van der Waals surface area contributed by atoms with Crippen molar-refractivity contribution in [2.45, 2.75) is 18.9 Å². The summed E-state index contributed by atoms with van der Waals surface area (Å²) in [5.41, 5.74) is 1.29. The van der Waals surface area contributed by atoms with Gasteiger partial charge in [-0.15, -0.1) is 0 Å². The zero-order valence-electron chi connectivity index (χ0n) is 14.3. The molecule has 1 aliphatic rings. The van der Waals surface area contributed by atoms with Crippen LogP contribution in [0.2, 0.25) is 0 Å². The van der Waals surface area contributed by atoms with Crippen molar-refractivity contribution in [2.24, 2.45) is 14.1 Å². The number of carbonyl (C=O) groups excluding carboxylic acids is 1. The number of hydrogen-bond donors (Lipinski definition) is 1. The molecule has 9 nitrogen and oxygen atoms in total. The highest BCUT2D eigenvalue weighted by molar-refractivity contribution is 5.92. The maximum Gasteiger partial charge on any atom is 0.271 e. The SMILES string of the molecule is Cn1ccc(C(=O)NC2CCN(c3ncnc4c3cnn4C)CC2)n1. The maximum absolute atomic E-state index is 12.2. The van der Waals surface area contributed by atoms with Crippen molar-refractivity contribution >= 4 is 22.8 Å². The molecule has 1 saturated heterocycles. The molecule has 9 heteroatoms. The fourth-order valence-corrected chi connectivity index (χ4v) is 3.23. The normalized spacial score (nSPS) is 15.7. The number of nitrogens with one attached hydrogen (secondary N) is 1. The van der Waals surface area contributed by atoms with Crippen molar-refractivity contribution in [3.8, 4) is 0 Å². The molecule has 0 unspecified atom stereocenters. The van der Waals surface area contributed by atoms with Gasteiger partial charge in [0.1, 0.15) is 17.8 Å². The number of carbonyl (C=O) groups is 1. The molecule has 1 amide bonds. The van der Waals surface area contributed by atoms with E-state index >= 15 is 0 Å². The van der Waals surface area contributed by atoms with Gasteiger partial charge in [-0.25, -0.2) is 9.97 Å². The summed E-state index contributed by atoms with van der Waals surface area (Å²) in [7, 11) is 3.68. The Hall–Kier alpha value is -2.97. The van der Waals surface area contributed by atoms with Gasteiger partial charge in [0.2, 0.25) is 0 Å². The Morgan fingerprint density at radius 1 is 1.24 bits per heavy atom. The molecule has 25 heavy (non-hydrogen) atoms. The van der Waals surface area contributed by atoms with E-state index in [2.05, 4.69) is 30.4 Å². The lowest BCUT2D eigenvalue weighted by Crippen LogP contribution is -2.45. The fraction of sp³-hybridized carbons (Fsp3) is 0.438. The average Bonchev–Trinajstić information content (AvgIpc) is 3.22. The van der Waals surface area contributed by atoms with Crippen LogP contribution in [0.4, 0.5) is 5.82 Å². The molecular formula is C16H20N8O. The summed E-state index contributed by atoms with van der Waals surface area (Å²) >= 11 is 0. The molecule has 1 aliphatic heterocycles. The van der Waals surface area contributed by atoms with E-state index in [9.17, 15) is 4.79 Å². The molecule has 0 aromatic carbocycles. The van der Waals surface area contributed by atoms with Crippen LogP contribution in [0.25, 0.3) is 11.0 Å². The van der Waals surface area contributed by atoms with E-state index in [1.807, 2.05) is 7.05 Å². The number of nitrogens with zero attached hydrogens (tertiary/aromatic N) is 7. The summed E-state index contributed by atoms with van der Waals surface area (Å²) in [6.45, 7) is 1.66. The van der Waals surface area contributed by atoms with Crippen molar-refractivity contribution in [2.75, 3.05) is 18.0 Å². The van der Waals surface area contributed by atoms with E-state index in [0.717, 1.165) is 42.8 Å². The average molecular weight is 340 g/mol. The molecule has 0 spiro atoms. The van der Waals surface area contributed by atoms with Crippen molar-refractivity contribution in [3.63, 3.8) is 0 Å². The van der Waals surface area contributed by atoms with Gasteiger partial charge in [-0.3, -0.25) is 14.2 Å². The number of aromatic nitrogens is 6. The second kappa shape index (κ2) is 6.15. The van der Waals surface area contributed by atoms with Crippen LogP contribution in [0.5, 0.6) is 0 Å². The van der Waals surface area contributed by atoms with Crippen molar-refractivity contribution in [1.29, 1.82) is 0 Å². The molecule has 0 saturated carbocycles. The molecule has 3 aromatic rings. The molecule has 1 N–H and O–H groups in total. The second-order valence-electron chi connectivity index (χ2n) is 6.31. The zero-order chi connectivity index (χ0) is 17.4. The first-order valence-electron chi connectivity index (χ1n) is 8.30. The van der Waals surface area contributed by atoms with Crippen molar-refractivity contribution in [1.82, 2.24) is 34.8 Å². The quantitative estimate of drug-likeness (QED) is 0.746. The van der Waals surface area contributed by atoms with E-state index in [-0.39, 0.29) is 11.9 Å². The van der Waals surface area contributed by atoms with E-state index < -0.39 is 0 Å². The second-order valence-corrected chi connectivity index (χ2v) is 6.31. The van der Waals surface area contributed by atoms with Gasteiger partial charge in [-0.1, -0.05) is 0 Å². The number of rotatable bonds is 3. The first kappa shape index (κ1) is 15.6. The molecule has 0 atom stereocenters. The minimum atomic E-state index is -0.115. The minimum Gasteiger partial charge on any atom is -0.356 e.